The second-order valence-electron chi connectivity index (χ2n) is 5.43. The summed E-state index contributed by atoms with van der Waals surface area (Å²) in [4.78, 5) is 58.8. The first-order valence-electron chi connectivity index (χ1n) is 7.30. The molecule has 0 aromatic heterocycles. The summed E-state index contributed by atoms with van der Waals surface area (Å²) in [5.74, 6) is -4.14. The third-order valence-electron chi connectivity index (χ3n) is 4.28. The smallest absolute Gasteiger partial charge is 0.337 e. The highest BCUT2D eigenvalue weighted by molar-refractivity contribution is 5.88. The highest BCUT2D eigenvalue weighted by atomic mass is 17.0. The maximum Gasteiger partial charge on any atom is 0.337 e. The molecule has 0 unspecified atom stereocenters. The zero-order valence-corrected chi connectivity index (χ0v) is 14.2. The van der Waals surface area contributed by atoms with Gasteiger partial charge >= 0.3 is 23.9 Å². The molecule has 0 aromatic carbocycles. The van der Waals surface area contributed by atoms with Crippen LogP contribution in [0.3, 0.4) is 0 Å². The van der Waals surface area contributed by atoms with Crippen LogP contribution in [0.5, 0.6) is 0 Å². The highest BCUT2D eigenvalue weighted by Crippen LogP contribution is 2.49. The Labute approximate surface area is 142 Å². The quantitative estimate of drug-likeness (QED) is 0.430. The molecule has 2 saturated heterocycles. The van der Waals surface area contributed by atoms with Crippen molar-refractivity contribution < 1.29 is 47.8 Å². The van der Waals surface area contributed by atoms with Gasteiger partial charge in [-0.15, -0.1) is 0 Å². The molecule has 0 aromatic rings. The Morgan fingerprint density at radius 2 is 1.60 bits per heavy atom. The molecule has 0 saturated carbocycles. The highest BCUT2D eigenvalue weighted by Gasteiger charge is 2.70. The van der Waals surface area contributed by atoms with Gasteiger partial charge in [0.25, 0.3) is 0 Å². The molecule has 0 amide bonds. The van der Waals surface area contributed by atoms with Gasteiger partial charge in [0.05, 0.1) is 34.9 Å². The summed E-state index contributed by atoms with van der Waals surface area (Å²) in [6.45, 7) is 0. The molecule has 0 spiro atoms. The number of hydrogen-bond donors (Lipinski definition) is 0. The van der Waals surface area contributed by atoms with Crippen molar-refractivity contribution in [2.24, 2.45) is 5.92 Å². The van der Waals surface area contributed by atoms with E-state index in [0.717, 1.165) is 33.7 Å². The number of rotatable bonds is 5. The number of hydroxylamine groups is 2. The van der Waals surface area contributed by atoms with Crippen molar-refractivity contribution in [3.63, 3.8) is 0 Å². The van der Waals surface area contributed by atoms with E-state index in [1.165, 1.54) is 0 Å². The Bertz CT molecular complexity index is 578. The molecule has 2 fully saturated rings. The first-order valence-corrected chi connectivity index (χ1v) is 7.30. The van der Waals surface area contributed by atoms with Crippen molar-refractivity contribution in [1.29, 1.82) is 0 Å². The number of carbonyl (C=O) groups is 4. The van der Waals surface area contributed by atoms with Crippen molar-refractivity contribution in [3.05, 3.63) is 0 Å². The van der Waals surface area contributed by atoms with Crippen LogP contribution >= 0.6 is 0 Å². The van der Waals surface area contributed by atoms with Crippen LogP contribution < -0.4 is 0 Å². The van der Waals surface area contributed by atoms with Crippen LogP contribution in [0, 0.1) is 5.92 Å². The van der Waals surface area contributed by atoms with Gasteiger partial charge in [0.15, 0.2) is 17.7 Å². The molecule has 2 aliphatic rings. The SMILES string of the molecule is COC(=O)C[C@@H]1[C@H](C(=O)OC)ON2O[C@@H](C(=O)OC)C[C@@]12C(=O)OC. The normalized spacial score (nSPS) is 31.1. The minimum atomic E-state index is -1.71. The molecule has 2 heterocycles. The van der Waals surface area contributed by atoms with Gasteiger partial charge in [-0.3, -0.25) is 14.5 Å². The lowest BCUT2D eigenvalue weighted by Gasteiger charge is -2.29. The number of methoxy groups -OCH3 is 4. The average Bonchev–Trinajstić information content (AvgIpc) is 3.14. The minimum Gasteiger partial charge on any atom is -0.469 e. The number of ether oxygens (including phenoxy) is 4. The lowest BCUT2D eigenvalue weighted by atomic mass is 9.76. The number of fused-ring (bicyclic) bond motifs is 1. The summed E-state index contributed by atoms with van der Waals surface area (Å²) in [6.07, 6.45) is -3.08. The summed E-state index contributed by atoms with van der Waals surface area (Å²) in [5.41, 5.74) is -1.71. The molecule has 0 bridgehead atoms. The van der Waals surface area contributed by atoms with E-state index in [2.05, 4.69) is 14.2 Å². The topological polar surface area (TPSA) is 127 Å². The van der Waals surface area contributed by atoms with E-state index in [-0.39, 0.29) is 12.8 Å². The Kier molecular flexibility index (Phi) is 5.60. The molecule has 11 heteroatoms. The summed E-state index contributed by atoms with van der Waals surface area (Å²) in [6, 6.07) is 0. The molecule has 4 atom stereocenters. The van der Waals surface area contributed by atoms with E-state index in [1.807, 2.05) is 0 Å². The van der Waals surface area contributed by atoms with Crippen LogP contribution in [0.4, 0.5) is 0 Å². The van der Waals surface area contributed by atoms with Crippen molar-refractivity contribution in [3.8, 4) is 0 Å². The Hall–Kier alpha value is -2.24. The molecular weight excluding hydrogens is 342 g/mol. The van der Waals surface area contributed by atoms with Crippen molar-refractivity contribution in [2.75, 3.05) is 28.4 Å². The van der Waals surface area contributed by atoms with Gasteiger partial charge in [0.1, 0.15) is 0 Å². The predicted molar refractivity (Wildman–Crippen MR) is 75.1 cm³/mol. The van der Waals surface area contributed by atoms with Gasteiger partial charge in [-0.25, -0.2) is 14.4 Å². The van der Waals surface area contributed by atoms with E-state index >= 15 is 0 Å². The second-order valence-corrected chi connectivity index (χ2v) is 5.43. The Morgan fingerprint density at radius 1 is 0.960 bits per heavy atom. The van der Waals surface area contributed by atoms with Gasteiger partial charge in [0.2, 0.25) is 0 Å². The van der Waals surface area contributed by atoms with Crippen molar-refractivity contribution >= 4 is 23.9 Å². The number of hydrogen-bond acceptors (Lipinski definition) is 11. The summed E-state index contributed by atoms with van der Waals surface area (Å²) in [5, 5.41) is 0.732. The molecule has 2 rings (SSSR count). The van der Waals surface area contributed by atoms with E-state index < -0.39 is 47.5 Å². The monoisotopic (exact) mass is 361 g/mol. The fourth-order valence-corrected chi connectivity index (χ4v) is 3.04. The summed E-state index contributed by atoms with van der Waals surface area (Å²) < 4.78 is 18.7. The van der Waals surface area contributed by atoms with Crippen LogP contribution in [0.25, 0.3) is 0 Å². The first-order chi connectivity index (χ1) is 11.8. The molecule has 0 radical (unpaired) electrons. The fourth-order valence-electron chi connectivity index (χ4n) is 3.04. The molecule has 25 heavy (non-hydrogen) atoms. The molecule has 11 nitrogen and oxygen atoms in total. The largest absolute Gasteiger partial charge is 0.469 e. The van der Waals surface area contributed by atoms with Crippen LogP contribution in [0.15, 0.2) is 0 Å². The fraction of sp³-hybridized carbons (Fsp3) is 0.714. The van der Waals surface area contributed by atoms with E-state index in [4.69, 9.17) is 14.4 Å². The van der Waals surface area contributed by atoms with Gasteiger partial charge < -0.3 is 18.9 Å². The molecule has 0 N–H and O–H groups in total. The zero-order chi connectivity index (χ0) is 18.8. The number of esters is 4. The summed E-state index contributed by atoms with van der Waals surface area (Å²) >= 11 is 0. The van der Waals surface area contributed by atoms with Gasteiger partial charge in [-0.05, 0) is 5.23 Å². The summed E-state index contributed by atoms with van der Waals surface area (Å²) in [7, 11) is 4.58. The Morgan fingerprint density at radius 3 is 2.12 bits per heavy atom. The standard InChI is InChI=1S/C14H19NO10/c1-20-9(16)5-7-10(12(18)22-3)25-15-14(7,13(19)23-4)6-8(24-15)11(17)21-2/h7-8,10H,5-6H2,1-4H3/t7-,8-,10-,14+/m1/s1. The van der Waals surface area contributed by atoms with Crippen LogP contribution in [0.2, 0.25) is 0 Å². The molecule has 0 aliphatic carbocycles. The average molecular weight is 361 g/mol. The number of nitrogens with zero attached hydrogens (tertiary/aromatic N) is 1. The third kappa shape index (κ3) is 3.05. The van der Waals surface area contributed by atoms with Crippen LogP contribution in [-0.4, -0.2) is 75.3 Å². The Balaban J connectivity index is 2.45. The zero-order valence-electron chi connectivity index (χ0n) is 14.2. The molecule has 2 aliphatic heterocycles. The van der Waals surface area contributed by atoms with Gasteiger partial charge in [0, 0.05) is 12.3 Å². The van der Waals surface area contributed by atoms with E-state index in [1.54, 1.807) is 0 Å². The van der Waals surface area contributed by atoms with Gasteiger partial charge in [-0.1, -0.05) is 0 Å². The predicted octanol–water partition coefficient (Wildman–Crippen LogP) is -1.26. The van der Waals surface area contributed by atoms with Crippen molar-refractivity contribution in [2.45, 2.75) is 30.6 Å². The minimum absolute atomic E-state index is 0.235. The van der Waals surface area contributed by atoms with Gasteiger partial charge in [-0.2, -0.15) is 0 Å². The third-order valence-corrected chi connectivity index (χ3v) is 4.28. The number of carbonyl (C=O) groups excluding carboxylic acids is 4. The lowest BCUT2D eigenvalue weighted by Crippen LogP contribution is -2.52. The van der Waals surface area contributed by atoms with Crippen LogP contribution in [-0.2, 0) is 47.8 Å². The van der Waals surface area contributed by atoms with Crippen LogP contribution in [0.1, 0.15) is 12.8 Å². The second kappa shape index (κ2) is 7.33. The lowest BCUT2D eigenvalue weighted by molar-refractivity contribution is -0.362. The van der Waals surface area contributed by atoms with E-state index in [9.17, 15) is 19.2 Å². The molecule has 140 valence electrons. The van der Waals surface area contributed by atoms with Crippen molar-refractivity contribution in [1.82, 2.24) is 5.23 Å². The van der Waals surface area contributed by atoms with E-state index in [0.29, 0.717) is 0 Å². The maximum absolute atomic E-state index is 12.5. The maximum atomic E-state index is 12.5. The molecular formula is C14H19NO10. The first kappa shape index (κ1) is 19.1.